The summed E-state index contributed by atoms with van der Waals surface area (Å²) in [5, 5.41) is 13.2. The number of amides is 2. The van der Waals surface area contributed by atoms with Crippen LogP contribution < -0.4 is 5.32 Å². The quantitative estimate of drug-likeness (QED) is 0.873. The minimum Gasteiger partial charge on any atom is -0.389 e. The number of nitrogens with one attached hydrogen (secondary N) is 1. The Kier molecular flexibility index (Phi) is 5.63. The van der Waals surface area contributed by atoms with Crippen LogP contribution in [0.4, 0.5) is 4.79 Å². The van der Waals surface area contributed by atoms with Crippen LogP contribution in [0.2, 0.25) is 5.02 Å². The number of hydrogen-bond acceptors (Lipinski definition) is 2. The van der Waals surface area contributed by atoms with Gasteiger partial charge in [-0.3, -0.25) is 0 Å². The number of benzene rings is 1. The van der Waals surface area contributed by atoms with Crippen molar-refractivity contribution in [2.75, 3.05) is 13.1 Å². The van der Waals surface area contributed by atoms with Crippen molar-refractivity contribution in [1.29, 1.82) is 0 Å². The lowest BCUT2D eigenvalue weighted by Gasteiger charge is -2.28. The maximum absolute atomic E-state index is 12.0. The Bertz CT molecular complexity index is 430. The molecule has 0 fully saturated rings. The number of nitrogens with zero attached hydrogens (tertiary/aromatic N) is 1. The van der Waals surface area contributed by atoms with Gasteiger partial charge >= 0.3 is 6.03 Å². The third kappa shape index (κ3) is 5.94. The highest BCUT2D eigenvalue weighted by Crippen LogP contribution is 2.10. The van der Waals surface area contributed by atoms with Crippen molar-refractivity contribution in [3.05, 3.63) is 34.9 Å². The number of carbonyl (C=O) groups is 1. The Morgan fingerprint density at radius 2 is 2.16 bits per heavy atom. The molecule has 0 aliphatic carbocycles. The van der Waals surface area contributed by atoms with Crippen LogP contribution in [0.15, 0.2) is 24.3 Å². The molecule has 2 N–H and O–H groups in total. The summed E-state index contributed by atoms with van der Waals surface area (Å²) >= 11 is 5.88. The maximum atomic E-state index is 12.0. The standard InChI is InChI=1S/C14H21ClN2O2/c1-4-17(10-14(2,3)19)13(18)16-9-11-6-5-7-12(15)8-11/h5-8,19H,4,9-10H2,1-3H3,(H,16,18). The molecule has 0 aliphatic heterocycles. The Balaban J connectivity index is 2.54. The second kappa shape index (κ2) is 6.78. The summed E-state index contributed by atoms with van der Waals surface area (Å²) in [5.41, 5.74) is 0.0452. The average molecular weight is 285 g/mol. The molecule has 0 bridgehead atoms. The lowest BCUT2D eigenvalue weighted by molar-refractivity contribution is 0.0480. The molecule has 19 heavy (non-hydrogen) atoms. The molecular formula is C14H21ClN2O2. The largest absolute Gasteiger partial charge is 0.389 e. The minimum atomic E-state index is -0.899. The maximum Gasteiger partial charge on any atom is 0.317 e. The first-order chi connectivity index (χ1) is 8.81. The predicted molar refractivity (Wildman–Crippen MR) is 77.2 cm³/mol. The lowest BCUT2D eigenvalue weighted by atomic mass is 10.1. The van der Waals surface area contributed by atoms with Crippen molar-refractivity contribution < 1.29 is 9.90 Å². The van der Waals surface area contributed by atoms with Crippen molar-refractivity contribution in [2.45, 2.75) is 32.9 Å². The van der Waals surface area contributed by atoms with E-state index in [0.717, 1.165) is 5.56 Å². The molecule has 0 atom stereocenters. The average Bonchev–Trinajstić information content (AvgIpc) is 2.32. The number of rotatable bonds is 5. The van der Waals surface area contributed by atoms with E-state index in [4.69, 9.17) is 11.6 Å². The van der Waals surface area contributed by atoms with Crippen LogP contribution in [0.1, 0.15) is 26.3 Å². The highest BCUT2D eigenvalue weighted by molar-refractivity contribution is 6.30. The first kappa shape index (κ1) is 15.8. The van der Waals surface area contributed by atoms with Gasteiger partial charge in [0.1, 0.15) is 0 Å². The highest BCUT2D eigenvalue weighted by Gasteiger charge is 2.20. The molecule has 0 unspecified atom stereocenters. The number of halogens is 1. The predicted octanol–water partition coefficient (Wildman–Crippen LogP) is 2.64. The number of aliphatic hydroxyl groups is 1. The second-order valence-corrected chi connectivity index (χ2v) is 5.55. The van der Waals surface area contributed by atoms with Gasteiger partial charge in [0.05, 0.1) is 12.1 Å². The number of urea groups is 1. The first-order valence-corrected chi connectivity index (χ1v) is 6.69. The van der Waals surface area contributed by atoms with E-state index in [1.165, 1.54) is 0 Å². The van der Waals surface area contributed by atoms with Gasteiger partial charge in [-0.25, -0.2) is 4.79 Å². The number of hydrogen-bond donors (Lipinski definition) is 2. The molecule has 0 aliphatic rings. The molecular weight excluding hydrogens is 264 g/mol. The molecule has 0 radical (unpaired) electrons. The van der Waals surface area contributed by atoms with Crippen molar-refractivity contribution in [3.63, 3.8) is 0 Å². The van der Waals surface area contributed by atoms with E-state index in [-0.39, 0.29) is 6.03 Å². The molecule has 0 saturated heterocycles. The normalized spacial score (nSPS) is 11.2. The Hall–Kier alpha value is -1.26. The molecule has 5 heteroatoms. The van der Waals surface area contributed by atoms with Crippen LogP contribution >= 0.6 is 11.6 Å². The summed E-state index contributed by atoms with van der Waals surface area (Å²) in [7, 11) is 0. The Morgan fingerprint density at radius 3 is 2.68 bits per heavy atom. The monoisotopic (exact) mass is 284 g/mol. The zero-order valence-corrected chi connectivity index (χ0v) is 12.4. The van der Waals surface area contributed by atoms with Crippen LogP contribution in [0, 0.1) is 0 Å². The summed E-state index contributed by atoms with van der Waals surface area (Å²) in [6.45, 7) is 6.50. The van der Waals surface area contributed by atoms with Gasteiger partial charge in [-0.1, -0.05) is 23.7 Å². The van der Waals surface area contributed by atoms with Crippen molar-refractivity contribution in [3.8, 4) is 0 Å². The van der Waals surface area contributed by atoms with Gasteiger partial charge < -0.3 is 15.3 Å². The molecule has 106 valence electrons. The third-order valence-electron chi connectivity index (χ3n) is 2.58. The summed E-state index contributed by atoms with van der Waals surface area (Å²) < 4.78 is 0. The lowest BCUT2D eigenvalue weighted by Crippen LogP contribution is -2.46. The van der Waals surface area contributed by atoms with E-state index in [1.54, 1.807) is 24.8 Å². The molecule has 4 nitrogen and oxygen atoms in total. The van der Waals surface area contributed by atoms with Crippen molar-refractivity contribution in [1.82, 2.24) is 10.2 Å². The summed E-state index contributed by atoms with van der Waals surface area (Å²) in [6.07, 6.45) is 0. The minimum absolute atomic E-state index is 0.190. The molecule has 1 aromatic rings. The zero-order valence-electron chi connectivity index (χ0n) is 11.6. The van der Waals surface area contributed by atoms with Gasteiger partial charge in [0, 0.05) is 18.1 Å². The van der Waals surface area contributed by atoms with Crippen LogP contribution in [0.3, 0.4) is 0 Å². The molecule has 1 aromatic carbocycles. The van der Waals surface area contributed by atoms with Gasteiger partial charge in [0.2, 0.25) is 0 Å². The Labute approximate surface area is 119 Å². The molecule has 0 heterocycles. The third-order valence-corrected chi connectivity index (χ3v) is 2.81. The molecule has 1 rings (SSSR count). The van der Waals surface area contributed by atoms with Gasteiger partial charge in [-0.05, 0) is 38.5 Å². The molecule has 0 saturated carbocycles. The topological polar surface area (TPSA) is 52.6 Å². The number of carbonyl (C=O) groups excluding carboxylic acids is 1. The first-order valence-electron chi connectivity index (χ1n) is 6.31. The van der Waals surface area contributed by atoms with Gasteiger partial charge in [-0.15, -0.1) is 0 Å². The fourth-order valence-corrected chi connectivity index (χ4v) is 1.94. The van der Waals surface area contributed by atoms with E-state index in [1.807, 2.05) is 25.1 Å². The van der Waals surface area contributed by atoms with E-state index < -0.39 is 5.60 Å². The molecule has 2 amide bonds. The van der Waals surface area contributed by atoms with Gasteiger partial charge in [-0.2, -0.15) is 0 Å². The van der Waals surface area contributed by atoms with E-state index in [9.17, 15) is 9.90 Å². The second-order valence-electron chi connectivity index (χ2n) is 5.12. The summed E-state index contributed by atoms with van der Waals surface area (Å²) in [4.78, 5) is 13.6. The molecule has 0 aromatic heterocycles. The highest BCUT2D eigenvalue weighted by atomic mass is 35.5. The smallest absolute Gasteiger partial charge is 0.317 e. The Morgan fingerprint density at radius 1 is 1.47 bits per heavy atom. The fraction of sp³-hybridized carbons (Fsp3) is 0.500. The summed E-state index contributed by atoms with van der Waals surface area (Å²) in [5.74, 6) is 0. The van der Waals surface area contributed by atoms with E-state index in [0.29, 0.717) is 24.7 Å². The van der Waals surface area contributed by atoms with E-state index in [2.05, 4.69) is 5.32 Å². The van der Waals surface area contributed by atoms with Gasteiger partial charge in [0.15, 0.2) is 0 Å². The van der Waals surface area contributed by atoms with Gasteiger partial charge in [0.25, 0.3) is 0 Å². The van der Waals surface area contributed by atoms with Crippen molar-refractivity contribution in [2.24, 2.45) is 0 Å². The SMILES string of the molecule is CCN(CC(C)(C)O)C(=O)NCc1cccc(Cl)c1. The fourth-order valence-electron chi connectivity index (χ4n) is 1.73. The van der Waals surface area contributed by atoms with Crippen LogP contribution in [-0.4, -0.2) is 34.7 Å². The van der Waals surface area contributed by atoms with Crippen molar-refractivity contribution >= 4 is 17.6 Å². The molecule has 0 spiro atoms. The van der Waals surface area contributed by atoms with Crippen LogP contribution in [0.5, 0.6) is 0 Å². The number of likely N-dealkylation sites (N-methyl/N-ethyl adjacent to an activating group) is 1. The van der Waals surface area contributed by atoms with Crippen LogP contribution in [0.25, 0.3) is 0 Å². The summed E-state index contributed by atoms with van der Waals surface area (Å²) in [6, 6.07) is 7.16. The zero-order chi connectivity index (χ0) is 14.5. The van der Waals surface area contributed by atoms with E-state index >= 15 is 0 Å². The van der Waals surface area contributed by atoms with Crippen LogP contribution in [-0.2, 0) is 6.54 Å².